The standard InChI is InChI=1S/C16H20N2O2/c1-11(2)7-15(16(19)20)18-9-12-3-4-14-10-17-6-5-13(14)8-12/h3-6,8,10-11,15,18H,7,9H2,1-2H3,(H,19,20). The second-order valence-electron chi connectivity index (χ2n) is 5.46. The van der Waals surface area contributed by atoms with Crippen LogP contribution in [0.4, 0.5) is 0 Å². The van der Waals surface area contributed by atoms with Crippen molar-refractivity contribution in [2.45, 2.75) is 32.9 Å². The number of carboxylic acids is 1. The van der Waals surface area contributed by atoms with Gasteiger partial charge in [0.05, 0.1) is 0 Å². The Bertz CT molecular complexity index is 596. The van der Waals surface area contributed by atoms with E-state index in [1.165, 1.54) is 0 Å². The molecular formula is C16H20N2O2. The summed E-state index contributed by atoms with van der Waals surface area (Å²) in [6.45, 7) is 4.61. The molecule has 0 aliphatic carbocycles. The zero-order valence-corrected chi connectivity index (χ0v) is 11.8. The van der Waals surface area contributed by atoms with Crippen LogP contribution in [0.15, 0.2) is 36.7 Å². The van der Waals surface area contributed by atoms with Gasteiger partial charge in [-0.05, 0) is 35.4 Å². The molecule has 0 saturated heterocycles. The third kappa shape index (κ3) is 3.78. The van der Waals surface area contributed by atoms with E-state index >= 15 is 0 Å². The van der Waals surface area contributed by atoms with Crippen LogP contribution in [0.25, 0.3) is 10.8 Å². The molecule has 2 aromatic rings. The molecule has 4 nitrogen and oxygen atoms in total. The number of benzene rings is 1. The van der Waals surface area contributed by atoms with Crippen LogP contribution in [-0.4, -0.2) is 22.1 Å². The summed E-state index contributed by atoms with van der Waals surface area (Å²) in [6, 6.07) is 7.55. The second-order valence-corrected chi connectivity index (χ2v) is 5.46. The Balaban J connectivity index is 2.05. The lowest BCUT2D eigenvalue weighted by Crippen LogP contribution is -2.37. The number of rotatable bonds is 6. The maximum Gasteiger partial charge on any atom is 0.320 e. The van der Waals surface area contributed by atoms with E-state index in [0.717, 1.165) is 16.3 Å². The van der Waals surface area contributed by atoms with E-state index in [2.05, 4.69) is 16.4 Å². The van der Waals surface area contributed by atoms with Crippen LogP contribution in [0.5, 0.6) is 0 Å². The Labute approximate surface area is 118 Å². The molecule has 4 heteroatoms. The first-order chi connectivity index (χ1) is 9.56. The highest BCUT2D eigenvalue weighted by Crippen LogP contribution is 2.15. The number of aromatic nitrogens is 1. The molecule has 106 valence electrons. The molecule has 0 amide bonds. The lowest BCUT2D eigenvalue weighted by molar-refractivity contribution is -0.140. The molecule has 0 radical (unpaired) electrons. The molecule has 0 fully saturated rings. The monoisotopic (exact) mass is 272 g/mol. The van der Waals surface area contributed by atoms with Crippen molar-refractivity contribution in [2.75, 3.05) is 0 Å². The van der Waals surface area contributed by atoms with Crippen LogP contribution in [0, 0.1) is 5.92 Å². The van der Waals surface area contributed by atoms with E-state index in [0.29, 0.717) is 18.9 Å². The zero-order chi connectivity index (χ0) is 14.5. The maximum atomic E-state index is 11.2. The normalized spacial score (nSPS) is 12.8. The van der Waals surface area contributed by atoms with Gasteiger partial charge < -0.3 is 10.4 Å². The number of hydrogen-bond acceptors (Lipinski definition) is 3. The number of aliphatic carboxylic acids is 1. The van der Waals surface area contributed by atoms with Crippen LogP contribution in [0.3, 0.4) is 0 Å². The van der Waals surface area contributed by atoms with E-state index < -0.39 is 12.0 Å². The molecule has 0 aliphatic rings. The van der Waals surface area contributed by atoms with E-state index in [1.54, 1.807) is 6.20 Å². The van der Waals surface area contributed by atoms with Gasteiger partial charge in [-0.25, -0.2) is 0 Å². The van der Waals surface area contributed by atoms with Crippen molar-refractivity contribution >= 4 is 16.7 Å². The summed E-state index contributed by atoms with van der Waals surface area (Å²) < 4.78 is 0. The number of carboxylic acid groups (broad SMARTS) is 1. The second kappa shape index (κ2) is 6.48. The Morgan fingerprint density at radius 2 is 2.10 bits per heavy atom. The fourth-order valence-corrected chi connectivity index (χ4v) is 2.23. The van der Waals surface area contributed by atoms with Gasteiger partial charge in [-0.2, -0.15) is 0 Å². The van der Waals surface area contributed by atoms with Crippen molar-refractivity contribution < 1.29 is 9.90 Å². The Kier molecular flexibility index (Phi) is 4.69. The molecule has 1 aromatic carbocycles. The van der Waals surface area contributed by atoms with E-state index in [9.17, 15) is 9.90 Å². The van der Waals surface area contributed by atoms with Crippen LogP contribution in [-0.2, 0) is 11.3 Å². The summed E-state index contributed by atoms with van der Waals surface area (Å²) in [4.78, 5) is 15.3. The molecule has 2 N–H and O–H groups in total. The van der Waals surface area contributed by atoms with Gasteiger partial charge in [0.25, 0.3) is 0 Å². The molecule has 0 bridgehead atoms. The van der Waals surface area contributed by atoms with Gasteiger partial charge in [-0.15, -0.1) is 0 Å². The average molecular weight is 272 g/mol. The summed E-state index contributed by atoms with van der Waals surface area (Å²) >= 11 is 0. The quantitative estimate of drug-likeness (QED) is 0.849. The highest BCUT2D eigenvalue weighted by Gasteiger charge is 2.17. The summed E-state index contributed by atoms with van der Waals surface area (Å²) in [5, 5.41) is 14.5. The molecule has 1 heterocycles. The fourth-order valence-electron chi connectivity index (χ4n) is 2.23. The third-order valence-corrected chi connectivity index (χ3v) is 3.26. The smallest absolute Gasteiger partial charge is 0.320 e. The van der Waals surface area contributed by atoms with Crippen LogP contribution >= 0.6 is 0 Å². The molecule has 20 heavy (non-hydrogen) atoms. The molecular weight excluding hydrogens is 252 g/mol. The van der Waals surface area contributed by atoms with E-state index in [4.69, 9.17) is 0 Å². The molecule has 0 saturated carbocycles. The van der Waals surface area contributed by atoms with Crippen molar-refractivity contribution in [1.82, 2.24) is 10.3 Å². The predicted octanol–water partition coefficient (Wildman–Crippen LogP) is 2.82. The molecule has 2 rings (SSSR count). The summed E-state index contributed by atoms with van der Waals surface area (Å²) in [7, 11) is 0. The van der Waals surface area contributed by atoms with Gasteiger partial charge in [0, 0.05) is 24.3 Å². The number of nitrogens with one attached hydrogen (secondary N) is 1. The van der Waals surface area contributed by atoms with Crippen molar-refractivity contribution in [1.29, 1.82) is 0 Å². The number of pyridine rings is 1. The Morgan fingerprint density at radius 1 is 1.30 bits per heavy atom. The molecule has 0 aliphatic heterocycles. The van der Waals surface area contributed by atoms with Gasteiger partial charge in [-0.3, -0.25) is 9.78 Å². The molecule has 1 unspecified atom stereocenters. The van der Waals surface area contributed by atoms with Gasteiger partial charge in [0.15, 0.2) is 0 Å². The largest absolute Gasteiger partial charge is 0.480 e. The minimum absolute atomic E-state index is 0.353. The van der Waals surface area contributed by atoms with Crippen LogP contribution in [0.2, 0.25) is 0 Å². The van der Waals surface area contributed by atoms with Gasteiger partial charge in [-0.1, -0.05) is 26.0 Å². The topological polar surface area (TPSA) is 62.2 Å². The van der Waals surface area contributed by atoms with Crippen LogP contribution < -0.4 is 5.32 Å². The Hall–Kier alpha value is -1.94. The lowest BCUT2D eigenvalue weighted by Gasteiger charge is -2.16. The van der Waals surface area contributed by atoms with E-state index in [-0.39, 0.29) is 0 Å². The van der Waals surface area contributed by atoms with Crippen molar-refractivity contribution in [3.8, 4) is 0 Å². The summed E-state index contributed by atoms with van der Waals surface area (Å²) in [5.41, 5.74) is 1.08. The fraction of sp³-hybridized carbons (Fsp3) is 0.375. The number of carbonyl (C=O) groups is 1. The minimum atomic E-state index is -0.788. The first-order valence-corrected chi connectivity index (χ1v) is 6.85. The number of hydrogen-bond donors (Lipinski definition) is 2. The van der Waals surface area contributed by atoms with E-state index in [1.807, 2.05) is 38.2 Å². The Morgan fingerprint density at radius 3 is 2.80 bits per heavy atom. The van der Waals surface area contributed by atoms with Crippen molar-refractivity contribution in [3.63, 3.8) is 0 Å². The molecule has 0 spiro atoms. The molecule has 1 aromatic heterocycles. The zero-order valence-electron chi connectivity index (χ0n) is 11.8. The number of fused-ring (bicyclic) bond motifs is 1. The van der Waals surface area contributed by atoms with Gasteiger partial charge in [0.1, 0.15) is 6.04 Å². The maximum absolute atomic E-state index is 11.2. The minimum Gasteiger partial charge on any atom is -0.480 e. The van der Waals surface area contributed by atoms with Crippen LogP contribution in [0.1, 0.15) is 25.8 Å². The van der Waals surface area contributed by atoms with Gasteiger partial charge in [0.2, 0.25) is 0 Å². The molecule has 1 atom stereocenters. The number of nitrogens with zero attached hydrogens (tertiary/aromatic N) is 1. The highest BCUT2D eigenvalue weighted by molar-refractivity contribution is 5.82. The third-order valence-electron chi connectivity index (χ3n) is 3.26. The summed E-state index contributed by atoms with van der Waals surface area (Å²) in [5.74, 6) is -0.435. The first-order valence-electron chi connectivity index (χ1n) is 6.85. The summed E-state index contributed by atoms with van der Waals surface area (Å²) in [6.07, 6.45) is 4.22. The SMILES string of the molecule is CC(C)CC(NCc1ccc2cnccc2c1)C(=O)O. The lowest BCUT2D eigenvalue weighted by atomic mass is 10.0. The first kappa shape index (κ1) is 14.5. The predicted molar refractivity (Wildman–Crippen MR) is 79.5 cm³/mol. The van der Waals surface area contributed by atoms with Crippen molar-refractivity contribution in [2.24, 2.45) is 5.92 Å². The highest BCUT2D eigenvalue weighted by atomic mass is 16.4. The van der Waals surface area contributed by atoms with Crippen molar-refractivity contribution in [3.05, 3.63) is 42.2 Å². The van der Waals surface area contributed by atoms with Gasteiger partial charge >= 0.3 is 5.97 Å². The average Bonchev–Trinajstić information content (AvgIpc) is 2.42.